The highest BCUT2D eigenvalue weighted by Crippen LogP contribution is 2.26. The SMILES string of the molecule is CC1CCN(c2ccc(C(C)NS(=O)(=O)c3ccc(N4CCCC4=O)cc3)cc2)CC1. The van der Waals surface area contributed by atoms with Crippen LogP contribution >= 0.6 is 0 Å². The van der Waals surface area contributed by atoms with E-state index in [1.165, 1.54) is 18.5 Å². The number of anilines is 2. The number of carbonyl (C=O) groups excluding carboxylic acids is 1. The van der Waals surface area contributed by atoms with Gasteiger partial charge in [-0.15, -0.1) is 0 Å². The molecule has 31 heavy (non-hydrogen) atoms. The van der Waals surface area contributed by atoms with Gasteiger partial charge in [0.05, 0.1) is 4.90 Å². The molecular formula is C24H31N3O3S. The standard InChI is InChI=1S/C24H31N3O3S/c1-18-13-16-26(17-14-18)21-7-5-20(6-8-21)19(2)25-31(29,30)23-11-9-22(10-12-23)27-15-3-4-24(27)28/h5-12,18-19,25H,3-4,13-17H2,1-2H3. The first-order valence-corrected chi connectivity index (χ1v) is 12.6. The molecule has 4 rings (SSSR count). The molecule has 2 aromatic rings. The Labute approximate surface area is 185 Å². The van der Waals surface area contributed by atoms with Crippen molar-refractivity contribution in [1.29, 1.82) is 0 Å². The molecule has 0 aromatic heterocycles. The third-order valence-electron chi connectivity index (χ3n) is 6.41. The van der Waals surface area contributed by atoms with Gasteiger partial charge in [-0.05, 0) is 74.1 Å². The van der Waals surface area contributed by atoms with Gasteiger partial charge in [0.1, 0.15) is 0 Å². The number of nitrogens with zero attached hydrogens (tertiary/aromatic N) is 2. The smallest absolute Gasteiger partial charge is 0.241 e. The molecule has 2 heterocycles. The Morgan fingerprint density at radius 3 is 2.13 bits per heavy atom. The molecule has 2 saturated heterocycles. The normalized spacial score (nSPS) is 19.1. The van der Waals surface area contributed by atoms with Crippen molar-refractivity contribution in [3.05, 3.63) is 54.1 Å². The Morgan fingerprint density at radius 2 is 1.55 bits per heavy atom. The maximum atomic E-state index is 12.9. The van der Waals surface area contributed by atoms with Gasteiger partial charge in [-0.1, -0.05) is 19.1 Å². The topological polar surface area (TPSA) is 69.7 Å². The Balaban J connectivity index is 1.41. The summed E-state index contributed by atoms with van der Waals surface area (Å²) in [5.74, 6) is 0.875. The van der Waals surface area contributed by atoms with Gasteiger partial charge in [-0.3, -0.25) is 4.79 Å². The summed E-state index contributed by atoms with van der Waals surface area (Å²) in [5, 5.41) is 0. The summed E-state index contributed by atoms with van der Waals surface area (Å²) >= 11 is 0. The molecule has 1 unspecified atom stereocenters. The summed E-state index contributed by atoms with van der Waals surface area (Å²) < 4.78 is 28.5. The van der Waals surface area contributed by atoms with E-state index in [0.717, 1.165) is 36.7 Å². The van der Waals surface area contributed by atoms with Crippen molar-refractivity contribution in [1.82, 2.24) is 4.72 Å². The van der Waals surface area contributed by atoms with Gasteiger partial charge in [0, 0.05) is 43.5 Å². The molecule has 1 amide bonds. The lowest BCUT2D eigenvalue weighted by atomic mass is 9.98. The minimum atomic E-state index is -3.66. The number of rotatable bonds is 6. The molecule has 2 fully saturated rings. The summed E-state index contributed by atoms with van der Waals surface area (Å²) in [6.45, 7) is 6.98. The molecule has 0 saturated carbocycles. The number of piperidine rings is 1. The fourth-order valence-corrected chi connectivity index (χ4v) is 5.57. The fraction of sp³-hybridized carbons (Fsp3) is 0.458. The second-order valence-electron chi connectivity index (χ2n) is 8.75. The van der Waals surface area contributed by atoms with Crippen molar-refractivity contribution in [2.75, 3.05) is 29.4 Å². The van der Waals surface area contributed by atoms with Crippen molar-refractivity contribution in [3.63, 3.8) is 0 Å². The van der Waals surface area contributed by atoms with E-state index in [-0.39, 0.29) is 16.8 Å². The summed E-state index contributed by atoms with van der Waals surface area (Å²) in [5.41, 5.74) is 2.87. The highest BCUT2D eigenvalue weighted by atomic mass is 32.2. The van der Waals surface area contributed by atoms with Crippen LogP contribution < -0.4 is 14.5 Å². The van der Waals surface area contributed by atoms with Crippen molar-refractivity contribution in [3.8, 4) is 0 Å². The zero-order valence-corrected chi connectivity index (χ0v) is 19.1. The molecule has 0 spiro atoms. The molecular weight excluding hydrogens is 410 g/mol. The predicted molar refractivity (Wildman–Crippen MR) is 124 cm³/mol. The third kappa shape index (κ3) is 4.93. The number of amides is 1. The Morgan fingerprint density at radius 1 is 0.935 bits per heavy atom. The average Bonchev–Trinajstić information content (AvgIpc) is 3.20. The molecule has 2 aliphatic rings. The summed E-state index contributed by atoms with van der Waals surface area (Å²) in [7, 11) is -3.66. The Bertz CT molecular complexity index is 1010. The molecule has 6 nitrogen and oxygen atoms in total. The van der Waals surface area contributed by atoms with Crippen LogP contribution in [0.1, 0.15) is 51.1 Å². The minimum absolute atomic E-state index is 0.0878. The van der Waals surface area contributed by atoms with Crippen molar-refractivity contribution >= 4 is 27.3 Å². The van der Waals surface area contributed by atoms with E-state index in [0.29, 0.717) is 13.0 Å². The number of carbonyl (C=O) groups is 1. The summed E-state index contributed by atoms with van der Waals surface area (Å²) in [6.07, 6.45) is 3.81. The van der Waals surface area contributed by atoms with Crippen molar-refractivity contribution in [2.24, 2.45) is 5.92 Å². The van der Waals surface area contributed by atoms with E-state index in [1.807, 2.05) is 19.1 Å². The van der Waals surface area contributed by atoms with E-state index in [4.69, 9.17) is 0 Å². The van der Waals surface area contributed by atoms with Crippen LogP contribution in [-0.4, -0.2) is 34.0 Å². The first-order chi connectivity index (χ1) is 14.8. The van der Waals surface area contributed by atoms with Crippen LogP contribution in [0.5, 0.6) is 0 Å². The Hall–Kier alpha value is -2.38. The van der Waals surface area contributed by atoms with Crippen molar-refractivity contribution in [2.45, 2.75) is 50.5 Å². The van der Waals surface area contributed by atoms with Gasteiger partial charge in [-0.25, -0.2) is 13.1 Å². The maximum absolute atomic E-state index is 12.9. The summed E-state index contributed by atoms with van der Waals surface area (Å²) in [6, 6.07) is 14.4. The molecule has 7 heteroatoms. The van der Waals surface area contributed by atoms with E-state index in [1.54, 1.807) is 29.2 Å². The van der Waals surface area contributed by atoms with Gasteiger partial charge >= 0.3 is 0 Å². The molecule has 1 N–H and O–H groups in total. The predicted octanol–water partition coefficient (Wildman–Crippen LogP) is 4.09. The van der Waals surface area contributed by atoms with Gasteiger partial charge in [0.2, 0.25) is 15.9 Å². The third-order valence-corrected chi connectivity index (χ3v) is 7.96. The Kier molecular flexibility index (Phi) is 6.34. The molecule has 2 aromatic carbocycles. The lowest BCUT2D eigenvalue weighted by Crippen LogP contribution is -2.32. The highest BCUT2D eigenvalue weighted by molar-refractivity contribution is 7.89. The first kappa shape index (κ1) is 21.8. The van der Waals surface area contributed by atoms with Crippen LogP contribution in [0.2, 0.25) is 0 Å². The molecule has 0 bridgehead atoms. The zero-order chi connectivity index (χ0) is 22.0. The van der Waals surface area contributed by atoms with Crippen LogP contribution in [0.25, 0.3) is 0 Å². The highest BCUT2D eigenvalue weighted by Gasteiger charge is 2.23. The fourth-order valence-electron chi connectivity index (χ4n) is 4.34. The largest absolute Gasteiger partial charge is 0.372 e. The number of sulfonamides is 1. The quantitative estimate of drug-likeness (QED) is 0.733. The van der Waals surface area contributed by atoms with Crippen LogP contribution in [-0.2, 0) is 14.8 Å². The number of benzene rings is 2. The van der Waals surface area contributed by atoms with E-state index in [2.05, 4.69) is 28.7 Å². The van der Waals surface area contributed by atoms with E-state index >= 15 is 0 Å². The summed E-state index contributed by atoms with van der Waals surface area (Å²) in [4.78, 5) is 16.2. The second kappa shape index (κ2) is 9.01. The average molecular weight is 442 g/mol. The zero-order valence-electron chi connectivity index (χ0n) is 18.3. The van der Waals surface area contributed by atoms with Crippen LogP contribution in [0.3, 0.4) is 0 Å². The van der Waals surface area contributed by atoms with Gasteiger partial charge < -0.3 is 9.80 Å². The lowest BCUT2D eigenvalue weighted by molar-refractivity contribution is -0.117. The van der Waals surface area contributed by atoms with Crippen LogP contribution in [0, 0.1) is 5.92 Å². The van der Waals surface area contributed by atoms with Crippen LogP contribution in [0.15, 0.2) is 53.4 Å². The van der Waals surface area contributed by atoms with E-state index in [9.17, 15) is 13.2 Å². The number of hydrogen-bond acceptors (Lipinski definition) is 4. The van der Waals surface area contributed by atoms with Gasteiger partial charge in [0.25, 0.3) is 0 Å². The number of nitrogens with one attached hydrogen (secondary N) is 1. The lowest BCUT2D eigenvalue weighted by Gasteiger charge is -2.32. The molecule has 166 valence electrons. The second-order valence-corrected chi connectivity index (χ2v) is 10.5. The van der Waals surface area contributed by atoms with Gasteiger partial charge in [0.15, 0.2) is 0 Å². The molecule has 1 atom stereocenters. The van der Waals surface area contributed by atoms with Crippen molar-refractivity contribution < 1.29 is 13.2 Å². The van der Waals surface area contributed by atoms with E-state index < -0.39 is 10.0 Å². The molecule has 0 aliphatic carbocycles. The maximum Gasteiger partial charge on any atom is 0.241 e. The number of hydrogen-bond donors (Lipinski definition) is 1. The van der Waals surface area contributed by atoms with Crippen LogP contribution in [0.4, 0.5) is 11.4 Å². The first-order valence-electron chi connectivity index (χ1n) is 11.1. The minimum Gasteiger partial charge on any atom is -0.372 e. The molecule has 0 radical (unpaired) electrons. The monoisotopic (exact) mass is 441 g/mol. The van der Waals surface area contributed by atoms with Gasteiger partial charge in [-0.2, -0.15) is 0 Å². The molecule has 2 aliphatic heterocycles.